The number of aliphatic hydroxyl groups is 1. The van der Waals surface area contributed by atoms with E-state index >= 15 is 0 Å². The molecule has 0 radical (unpaired) electrons. The van der Waals surface area contributed by atoms with Gasteiger partial charge in [0, 0.05) is 42.9 Å². The fraction of sp³-hybridized carbons (Fsp3) is 0.333. The molecule has 0 spiro atoms. The lowest BCUT2D eigenvalue weighted by Crippen LogP contribution is -2.46. The zero-order valence-electron chi connectivity index (χ0n) is 20.7. The van der Waals surface area contributed by atoms with E-state index in [0.29, 0.717) is 18.7 Å². The van der Waals surface area contributed by atoms with Crippen LogP contribution >= 0.6 is 0 Å². The van der Waals surface area contributed by atoms with Crippen molar-refractivity contribution in [3.63, 3.8) is 0 Å². The largest absolute Gasteiger partial charge is 0.396 e. The number of hydrogen-bond donors (Lipinski definition) is 2. The second kappa shape index (κ2) is 10.2. The number of nitrogens with zero attached hydrogens (tertiary/aromatic N) is 2. The number of amides is 1. The van der Waals surface area contributed by atoms with Crippen molar-refractivity contribution in [2.24, 2.45) is 11.8 Å². The first kappa shape index (κ1) is 24.2. The molecule has 0 unspecified atom stereocenters. The molecule has 5 atom stereocenters. The molecule has 1 fully saturated rings. The van der Waals surface area contributed by atoms with Crippen molar-refractivity contribution in [1.29, 1.82) is 0 Å². The smallest absolute Gasteiger partial charge is 0.258 e. The molecular formula is C30H33N3O3. The molecule has 6 nitrogen and oxygen atoms in total. The summed E-state index contributed by atoms with van der Waals surface area (Å²) in [6.45, 7) is 4.85. The highest BCUT2D eigenvalue weighted by Gasteiger charge is 2.55. The normalized spacial score (nSPS) is 24.0. The van der Waals surface area contributed by atoms with Crippen LogP contribution in [-0.2, 0) is 17.9 Å². The lowest BCUT2D eigenvalue weighted by Gasteiger charge is -2.38. The van der Waals surface area contributed by atoms with Gasteiger partial charge in [0.05, 0.1) is 18.0 Å². The Morgan fingerprint density at radius 2 is 1.78 bits per heavy atom. The van der Waals surface area contributed by atoms with E-state index in [9.17, 15) is 14.7 Å². The van der Waals surface area contributed by atoms with Crippen LogP contribution < -0.4 is 10.9 Å². The molecule has 2 bridgehead atoms. The minimum atomic E-state index is -0.476. The fourth-order valence-corrected chi connectivity index (χ4v) is 5.99. The van der Waals surface area contributed by atoms with Crippen LogP contribution in [0.3, 0.4) is 0 Å². The number of aromatic nitrogens is 1. The number of allylic oxidation sites excluding steroid dienone is 1. The van der Waals surface area contributed by atoms with E-state index in [1.54, 1.807) is 0 Å². The quantitative estimate of drug-likeness (QED) is 0.534. The molecule has 0 saturated carbocycles. The Hall–Kier alpha value is -3.48. The molecule has 36 heavy (non-hydrogen) atoms. The molecule has 3 aromatic rings. The number of carbonyl (C=O) groups excluding carboxylic acids is 1. The van der Waals surface area contributed by atoms with Gasteiger partial charge in [-0.2, -0.15) is 0 Å². The molecular weight excluding hydrogens is 450 g/mol. The SMILES string of the molecule is C/C=C\c1ccc2n(c1=O)C[C@@H]1[C@@H](CO)[C@H](C(=O)N[C@@H](C)c3ccccc3)[C@H]2N1Cc1ccccc1. The van der Waals surface area contributed by atoms with Crippen LogP contribution in [0.2, 0.25) is 0 Å². The highest BCUT2D eigenvalue weighted by atomic mass is 16.3. The molecule has 3 heterocycles. The summed E-state index contributed by atoms with van der Waals surface area (Å²) >= 11 is 0. The Morgan fingerprint density at radius 1 is 1.08 bits per heavy atom. The number of nitrogens with one attached hydrogen (secondary N) is 1. The second-order valence-electron chi connectivity index (χ2n) is 9.81. The van der Waals surface area contributed by atoms with Gasteiger partial charge in [0.25, 0.3) is 5.56 Å². The molecule has 1 amide bonds. The number of benzene rings is 2. The highest BCUT2D eigenvalue weighted by molar-refractivity contribution is 5.81. The summed E-state index contributed by atoms with van der Waals surface area (Å²) in [5.74, 6) is -0.851. The van der Waals surface area contributed by atoms with Crippen LogP contribution in [0, 0.1) is 11.8 Å². The van der Waals surface area contributed by atoms with Crippen LogP contribution in [0.1, 0.15) is 48.3 Å². The summed E-state index contributed by atoms with van der Waals surface area (Å²) < 4.78 is 1.82. The summed E-state index contributed by atoms with van der Waals surface area (Å²) in [4.78, 5) is 29.5. The third-order valence-corrected chi connectivity index (χ3v) is 7.72. The number of hydrogen-bond acceptors (Lipinski definition) is 4. The summed E-state index contributed by atoms with van der Waals surface area (Å²) in [5.41, 5.74) is 3.60. The molecule has 2 aliphatic heterocycles. The number of carbonyl (C=O) groups is 1. The standard InChI is InChI=1S/C30H33N3O3/c1-3-10-23-15-16-25-28-27(29(35)31-20(2)22-13-8-5-9-14-22)24(19-34)26(18-33(25)30(23)36)32(28)17-21-11-6-4-7-12-21/h3-16,20,24,26-28,34H,17-19H2,1-2H3,(H,31,35)/b10-3-/t20-,24+,26+,27-,28-/m0/s1. The van der Waals surface area contributed by atoms with Crippen LogP contribution in [0.4, 0.5) is 0 Å². The summed E-state index contributed by atoms with van der Waals surface area (Å²) in [7, 11) is 0. The van der Waals surface area contributed by atoms with E-state index in [0.717, 1.165) is 16.8 Å². The maximum absolute atomic E-state index is 13.9. The Morgan fingerprint density at radius 3 is 2.44 bits per heavy atom. The van der Waals surface area contributed by atoms with Crippen molar-refractivity contribution in [1.82, 2.24) is 14.8 Å². The van der Waals surface area contributed by atoms with E-state index in [1.807, 2.05) is 91.2 Å². The third kappa shape index (κ3) is 4.31. The maximum atomic E-state index is 13.9. The van der Waals surface area contributed by atoms with Crippen molar-refractivity contribution in [2.45, 2.75) is 45.1 Å². The second-order valence-corrected chi connectivity index (χ2v) is 9.81. The van der Waals surface area contributed by atoms with Crippen molar-refractivity contribution >= 4 is 12.0 Å². The van der Waals surface area contributed by atoms with Gasteiger partial charge in [-0.15, -0.1) is 0 Å². The van der Waals surface area contributed by atoms with Crippen LogP contribution in [-0.4, -0.2) is 33.1 Å². The topological polar surface area (TPSA) is 74.6 Å². The van der Waals surface area contributed by atoms with Gasteiger partial charge < -0.3 is 15.0 Å². The number of fused-ring (bicyclic) bond motifs is 4. The molecule has 5 rings (SSSR count). The fourth-order valence-electron chi connectivity index (χ4n) is 5.99. The molecule has 0 aliphatic carbocycles. The van der Waals surface area contributed by atoms with Gasteiger partial charge in [-0.3, -0.25) is 14.5 Å². The van der Waals surface area contributed by atoms with Crippen LogP contribution in [0.25, 0.3) is 6.08 Å². The van der Waals surface area contributed by atoms with E-state index < -0.39 is 5.92 Å². The lowest BCUT2D eigenvalue weighted by molar-refractivity contribution is -0.128. The first-order chi connectivity index (χ1) is 17.5. The van der Waals surface area contributed by atoms with Gasteiger partial charge in [0.1, 0.15) is 0 Å². The van der Waals surface area contributed by atoms with Gasteiger partial charge in [-0.05, 0) is 37.1 Å². The highest BCUT2D eigenvalue weighted by Crippen LogP contribution is 2.49. The molecule has 186 valence electrons. The first-order valence-electron chi connectivity index (χ1n) is 12.7. The zero-order valence-corrected chi connectivity index (χ0v) is 20.7. The summed E-state index contributed by atoms with van der Waals surface area (Å²) in [6, 6.07) is 23.3. The zero-order chi connectivity index (χ0) is 25.2. The predicted molar refractivity (Wildman–Crippen MR) is 141 cm³/mol. The van der Waals surface area contributed by atoms with E-state index in [2.05, 4.69) is 22.3 Å². The predicted octanol–water partition coefficient (Wildman–Crippen LogP) is 3.92. The van der Waals surface area contributed by atoms with Gasteiger partial charge in [-0.1, -0.05) is 72.8 Å². The Kier molecular flexibility index (Phi) is 6.90. The number of pyridine rings is 1. The third-order valence-electron chi connectivity index (χ3n) is 7.72. The van der Waals surface area contributed by atoms with Crippen LogP contribution in [0.15, 0.2) is 83.7 Å². The van der Waals surface area contributed by atoms with Crippen molar-refractivity contribution in [2.75, 3.05) is 6.61 Å². The molecule has 2 aromatic carbocycles. The van der Waals surface area contributed by atoms with E-state index in [-0.39, 0.29) is 42.1 Å². The molecule has 1 saturated heterocycles. The number of rotatable bonds is 7. The van der Waals surface area contributed by atoms with E-state index in [1.165, 1.54) is 0 Å². The first-order valence-corrected chi connectivity index (χ1v) is 12.7. The Labute approximate surface area is 211 Å². The summed E-state index contributed by atoms with van der Waals surface area (Å²) in [5, 5.41) is 13.8. The summed E-state index contributed by atoms with van der Waals surface area (Å²) in [6.07, 6.45) is 3.68. The van der Waals surface area contributed by atoms with Gasteiger partial charge in [0.2, 0.25) is 5.91 Å². The van der Waals surface area contributed by atoms with Gasteiger partial charge in [0.15, 0.2) is 0 Å². The number of aliphatic hydroxyl groups excluding tert-OH is 1. The Balaban J connectivity index is 1.55. The lowest BCUT2D eigenvalue weighted by atomic mass is 9.86. The Bertz CT molecular complexity index is 1300. The van der Waals surface area contributed by atoms with Gasteiger partial charge in [-0.25, -0.2) is 0 Å². The average molecular weight is 484 g/mol. The van der Waals surface area contributed by atoms with E-state index in [4.69, 9.17) is 0 Å². The molecule has 1 aromatic heterocycles. The molecule has 6 heteroatoms. The molecule has 2 N–H and O–H groups in total. The minimum Gasteiger partial charge on any atom is -0.396 e. The van der Waals surface area contributed by atoms with Gasteiger partial charge >= 0.3 is 0 Å². The monoisotopic (exact) mass is 483 g/mol. The minimum absolute atomic E-state index is 0.0460. The van der Waals surface area contributed by atoms with Crippen molar-refractivity contribution < 1.29 is 9.90 Å². The maximum Gasteiger partial charge on any atom is 0.258 e. The molecule has 2 aliphatic rings. The van der Waals surface area contributed by atoms with Crippen LogP contribution in [0.5, 0.6) is 0 Å². The van der Waals surface area contributed by atoms with Crippen molar-refractivity contribution in [3.05, 3.63) is 112 Å². The average Bonchev–Trinajstić information content (AvgIpc) is 3.10. The van der Waals surface area contributed by atoms with Crippen molar-refractivity contribution in [3.8, 4) is 0 Å².